The third kappa shape index (κ3) is 4.17. The Hall–Kier alpha value is -2.40. The molecule has 2 aromatic rings. The van der Waals surface area contributed by atoms with Crippen molar-refractivity contribution in [3.05, 3.63) is 65.5 Å². The summed E-state index contributed by atoms with van der Waals surface area (Å²) in [5, 5.41) is 13.6. The fourth-order valence-corrected chi connectivity index (χ4v) is 3.55. The van der Waals surface area contributed by atoms with E-state index >= 15 is 0 Å². The van der Waals surface area contributed by atoms with E-state index in [1.54, 1.807) is 12.1 Å². The first-order valence-electron chi connectivity index (χ1n) is 8.76. The van der Waals surface area contributed by atoms with Gasteiger partial charge in [-0.3, -0.25) is 9.58 Å². The van der Waals surface area contributed by atoms with Gasteiger partial charge in [0.05, 0.1) is 17.8 Å². The van der Waals surface area contributed by atoms with Crippen molar-refractivity contribution in [3.8, 4) is 0 Å². The number of rotatable bonds is 6. The minimum Gasteiger partial charge on any atom is -0.478 e. The van der Waals surface area contributed by atoms with Gasteiger partial charge >= 0.3 is 5.97 Å². The van der Waals surface area contributed by atoms with Gasteiger partial charge in [-0.15, -0.1) is 6.58 Å². The Morgan fingerprint density at radius 1 is 1.40 bits per heavy atom. The Balaban J connectivity index is 1.66. The van der Waals surface area contributed by atoms with E-state index in [0.29, 0.717) is 11.5 Å². The van der Waals surface area contributed by atoms with Crippen molar-refractivity contribution >= 4 is 5.97 Å². The third-order valence-corrected chi connectivity index (χ3v) is 4.89. The highest BCUT2D eigenvalue weighted by atomic mass is 16.4. The molecular weight excluding hydrogens is 314 g/mol. The van der Waals surface area contributed by atoms with Crippen molar-refractivity contribution < 1.29 is 9.90 Å². The average molecular weight is 339 g/mol. The van der Waals surface area contributed by atoms with Crippen LogP contribution in [0.2, 0.25) is 0 Å². The first-order chi connectivity index (χ1) is 12.1. The van der Waals surface area contributed by atoms with E-state index in [4.69, 9.17) is 5.11 Å². The molecule has 5 nitrogen and oxygen atoms in total. The molecule has 0 spiro atoms. The van der Waals surface area contributed by atoms with Gasteiger partial charge in [0, 0.05) is 24.8 Å². The van der Waals surface area contributed by atoms with Gasteiger partial charge in [0.15, 0.2) is 0 Å². The van der Waals surface area contributed by atoms with Crippen LogP contribution in [0.3, 0.4) is 0 Å². The number of allylic oxidation sites excluding steroid dienone is 1. The zero-order valence-corrected chi connectivity index (χ0v) is 14.7. The number of hydrogen-bond acceptors (Lipinski definition) is 3. The average Bonchev–Trinajstić information content (AvgIpc) is 2.95. The lowest BCUT2D eigenvalue weighted by Gasteiger charge is -2.33. The van der Waals surface area contributed by atoms with E-state index in [1.165, 1.54) is 11.1 Å². The van der Waals surface area contributed by atoms with Gasteiger partial charge in [-0.05, 0) is 49.9 Å². The number of carboxylic acid groups (broad SMARTS) is 1. The SMILES string of the molecule is C=CCn1cc(CN2CCC[C@H](c3ccc(C(=O)O)cc3)C2)c(C)n1. The molecule has 1 aromatic heterocycles. The number of piperidine rings is 1. The molecule has 25 heavy (non-hydrogen) atoms. The number of aromatic carboxylic acids is 1. The Morgan fingerprint density at radius 3 is 2.84 bits per heavy atom. The molecule has 0 amide bonds. The quantitative estimate of drug-likeness (QED) is 0.819. The number of benzene rings is 1. The van der Waals surface area contributed by atoms with Crippen LogP contribution in [0.15, 0.2) is 43.1 Å². The second kappa shape index (κ2) is 7.66. The number of aryl methyl sites for hydroxylation is 1. The van der Waals surface area contributed by atoms with E-state index < -0.39 is 5.97 Å². The van der Waals surface area contributed by atoms with Crippen molar-refractivity contribution in [2.75, 3.05) is 13.1 Å². The monoisotopic (exact) mass is 339 g/mol. The lowest BCUT2D eigenvalue weighted by atomic mass is 9.90. The number of carboxylic acids is 1. The van der Waals surface area contributed by atoms with Crippen molar-refractivity contribution in [2.24, 2.45) is 0 Å². The van der Waals surface area contributed by atoms with Gasteiger partial charge in [0.1, 0.15) is 0 Å². The summed E-state index contributed by atoms with van der Waals surface area (Å²) in [6.07, 6.45) is 6.28. The van der Waals surface area contributed by atoms with Crippen LogP contribution in [0.25, 0.3) is 0 Å². The molecule has 0 bridgehead atoms. The molecule has 1 N–H and O–H groups in total. The van der Waals surface area contributed by atoms with E-state index in [2.05, 4.69) is 29.7 Å². The largest absolute Gasteiger partial charge is 0.478 e. The van der Waals surface area contributed by atoms with Gasteiger partial charge in [-0.1, -0.05) is 18.2 Å². The lowest BCUT2D eigenvalue weighted by molar-refractivity contribution is 0.0697. The van der Waals surface area contributed by atoms with Crippen LogP contribution < -0.4 is 0 Å². The minimum absolute atomic E-state index is 0.349. The lowest BCUT2D eigenvalue weighted by Crippen LogP contribution is -2.34. The fourth-order valence-electron chi connectivity index (χ4n) is 3.55. The van der Waals surface area contributed by atoms with Crippen LogP contribution in [-0.4, -0.2) is 38.8 Å². The van der Waals surface area contributed by atoms with Crippen molar-refractivity contribution in [1.82, 2.24) is 14.7 Å². The second-order valence-corrected chi connectivity index (χ2v) is 6.75. The van der Waals surface area contributed by atoms with Crippen LogP contribution >= 0.6 is 0 Å². The molecule has 0 radical (unpaired) electrons. The molecule has 0 aliphatic carbocycles. The highest BCUT2D eigenvalue weighted by Crippen LogP contribution is 2.28. The van der Waals surface area contributed by atoms with Crippen LogP contribution in [0.4, 0.5) is 0 Å². The van der Waals surface area contributed by atoms with Gasteiger partial charge in [0.25, 0.3) is 0 Å². The maximum Gasteiger partial charge on any atom is 0.335 e. The summed E-state index contributed by atoms with van der Waals surface area (Å²) in [5.74, 6) is -0.413. The van der Waals surface area contributed by atoms with E-state index in [9.17, 15) is 4.79 Å². The molecule has 3 rings (SSSR count). The topological polar surface area (TPSA) is 58.4 Å². The smallest absolute Gasteiger partial charge is 0.335 e. The normalized spacial score (nSPS) is 18.2. The van der Waals surface area contributed by atoms with Crippen molar-refractivity contribution in [3.63, 3.8) is 0 Å². The van der Waals surface area contributed by atoms with Gasteiger partial charge < -0.3 is 5.11 Å². The standard InChI is InChI=1S/C20H25N3O2/c1-3-10-23-14-19(15(2)21-23)13-22-11-4-5-18(12-22)16-6-8-17(9-7-16)20(24)25/h3,6-9,14,18H,1,4-5,10-13H2,2H3,(H,24,25)/t18-/m0/s1. The van der Waals surface area contributed by atoms with Crippen molar-refractivity contribution in [2.45, 2.75) is 38.8 Å². The first-order valence-corrected chi connectivity index (χ1v) is 8.76. The number of carbonyl (C=O) groups is 1. The predicted molar refractivity (Wildman–Crippen MR) is 97.8 cm³/mol. The summed E-state index contributed by atoms with van der Waals surface area (Å²) >= 11 is 0. The van der Waals surface area contributed by atoms with Crippen molar-refractivity contribution in [1.29, 1.82) is 0 Å². The summed E-state index contributed by atoms with van der Waals surface area (Å²) in [5.41, 5.74) is 3.92. The molecular formula is C20H25N3O2. The maximum absolute atomic E-state index is 11.0. The summed E-state index contributed by atoms with van der Waals surface area (Å²) in [6, 6.07) is 7.34. The minimum atomic E-state index is -0.871. The molecule has 2 heterocycles. The predicted octanol–water partition coefficient (Wildman–Crippen LogP) is 3.46. The number of aromatic nitrogens is 2. The highest BCUT2D eigenvalue weighted by Gasteiger charge is 2.22. The number of nitrogens with zero attached hydrogens (tertiary/aromatic N) is 3. The molecule has 1 fully saturated rings. The van der Waals surface area contributed by atoms with E-state index in [0.717, 1.165) is 44.7 Å². The van der Waals surface area contributed by atoms with Crippen LogP contribution in [0.5, 0.6) is 0 Å². The van der Waals surface area contributed by atoms with Crippen LogP contribution in [-0.2, 0) is 13.1 Å². The molecule has 132 valence electrons. The molecule has 0 unspecified atom stereocenters. The summed E-state index contributed by atoms with van der Waals surface area (Å²) in [6.45, 7) is 9.56. The van der Waals surface area contributed by atoms with Gasteiger partial charge in [0.2, 0.25) is 0 Å². The molecule has 1 saturated heterocycles. The molecule has 1 aliphatic heterocycles. The molecule has 1 aromatic carbocycles. The fraction of sp³-hybridized carbons (Fsp3) is 0.400. The highest BCUT2D eigenvalue weighted by molar-refractivity contribution is 5.87. The first kappa shape index (κ1) is 17.4. The Labute approximate surface area is 148 Å². The second-order valence-electron chi connectivity index (χ2n) is 6.75. The molecule has 1 aliphatic rings. The Kier molecular flexibility index (Phi) is 5.34. The number of hydrogen-bond donors (Lipinski definition) is 1. The van der Waals surface area contributed by atoms with Crippen LogP contribution in [0.1, 0.15) is 45.9 Å². The number of likely N-dealkylation sites (tertiary alicyclic amines) is 1. The Bertz CT molecular complexity index is 749. The Morgan fingerprint density at radius 2 is 2.16 bits per heavy atom. The molecule has 0 saturated carbocycles. The summed E-state index contributed by atoms with van der Waals surface area (Å²) < 4.78 is 1.93. The molecule has 5 heteroatoms. The van der Waals surface area contributed by atoms with E-state index in [-0.39, 0.29) is 0 Å². The zero-order chi connectivity index (χ0) is 17.8. The molecule has 1 atom stereocenters. The maximum atomic E-state index is 11.0. The third-order valence-electron chi connectivity index (χ3n) is 4.89. The van der Waals surface area contributed by atoms with Gasteiger partial charge in [-0.25, -0.2) is 4.79 Å². The summed E-state index contributed by atoms with van der Waals surface area (Å²) in [4.78, 5) is 13.5. The van der Waals surface area contributed by atoms with E-state index in [1.807, 2.05) is 22.9 Å². The van der Waals surface area contributed by atoms with Gasteiger partial charge in [-0.2, -0.15) is 5.10 Å². The zero-order valence-electron chi connectivity index (χ0n) is 14.7. The summed E-state index contributed by atoms with van der Waals surface area (Å²) in [7, 11) is 0. The van der Waals surface area contributed by atoms with Crippen LogP contribution in [0, 0.1) is 6.92 Å².